The Morgan fingerprint density at radius 2 is 2.18 bits per heavy atom. The van der Waals surface area contributed by atoms with E-state index in [-0.39, 0.29) is 18.6 Å². The number of aromatic nitrogens is 1. The molecule has 2 aliphatic rings. The average Bonchev–Trinajstić information content (AvgIpc) is 3.44. The highest BCUT2D eigenvalue weighted by Crippen LogP contribution is 2.32. The monoisotopic (exact) mass is 402 g/mol. The van der Waals surface area contributed by atoms with E-state index in [0.29, 0.717) is 36.9 Å². The first-order chi connectivity index (χ1) is 13.7. The number of amides is 2. The number of hydrogen-bond acceptors (Lipinski definition) is 7. The van der Waals surface area contributed by atoms with Crippen LogP contribution in [0.1, 0.15) is 35.3 Å². The van der Waals surface area contributed by atoms with E-state index < -0.39 is 0 Å². The highest BCUT2D eigenvalue weighted by molar-refractivity contribution is 7.13. The zero-order valence-electron chi connectivity index (χ0n) is 15.4. The van der Waals surface area contributed by atoms with E-state index in [1.54, 1.807) is 5.38 Å². The molecule has 0 unspecified atom stereocenters. The lowest BCUT2D eigenvalue weighted by Gasteiger charge is -2.14. The number of thiazole rings is 1. The van der Waals surface area contributed by atoms with Crippen LogP contribution in [0.15, 0.2) is 23.6 Å². The number of hydrogen-bond donors (Lipinski definition) is 2. The molecule has 2 aromatic rings. The van der Waals surface area contributed by atoms with Crippen molar-refractivity contribution in [3.05, 3.63) is 34.8 Å². The number of nitrogens with zero attached hydrogens (tertiary/aromatic N) is 2. The third kappa shape index (κ3) is 4.36. The maximum absolute atomic E-state index is 12.2. The van der Waals surface area contributed by atoms with Crippen molar-refractivity contribution in [3.8, 4) is 11.5 Å². The van der Waals surface area contributed by atoms with Crippen molar-refractivity contribution in [3.63, 3.8) is 0 Å². The first-order valence-electron chi connectivity index (χ1n) is 9.33. The molecule has 2 N–H and O–H groups in total. The number of nitrogens with one attached hydrogen (secondary N) is 2. The van der Waals surface area contributed by atoms with E-state index in [9.17, 15) is 9.59 Å². The molecule has 148 valence electrons. The summed E-state index contributed by atoms with van der Waals surface area (Å²) in [5.41, 5.74) is 1.44. The molecule has 28 heavy (non-hydrogen) atoms. The Balaban J connectivity index is 1.21. The highest BCUT2D eigenvalue weighted by atomic mass is 32.1. The normalized spacial score (nSPS) is 15.1. The number of ether oxygens (including phenoxy) is 2. The van der Waals surface area contributed by atoms with Crippen molar-refractivity contribution < 1.29 is 19.1 Å². The fourth-order valence-corrected chi connectivity index (χ4v) is 3.88. The van der Waals surface area contributed by atoms with Crippen molar-refractivity contribution in [1.82, 2.24) is 15.2 Å². The van der Waals surface area contributed by atoms with Crippen LogP contribution in [0.5, 0.6) is 11.5 Å². The molecule has 2 amide bonds. The number of benzene rings is 1. The quantitative estimate of drug-likeness (QED) is 0.658. The molecular formula is C19H22N4O4S. The van der Waals surface area contributed by atoms with Crippen molar-refractivity contribution in [2.45, 2.75) is 25.8 Å². The van der Waals surface area contributed by atoms with Crippen LogP contribution in [-0.4, -0.2) is 48.1 Å². The number of carbonyl (C=O) groups excluding carboxylic acids is 2. The van der Waals surface area contributed by atoms with Crippen LogP contribution in [0.3, 0.4) is 0 Å². The maximum Gasteiger partial charge on any atom is 0.270 e. The summed E-state index contributed by atoms with van der Waals surface area (Å²) in [6.07, 6.45) is 2.33. The summed E-state index contributed by atoms with van der Waals surface area (Å²) in [6, 6.07) is 5.78. The molecule has 9 heteroatoms. The van der Waals surface area contributed by atoms with Crippen molar-refractivity contribution in [1.29, 1.82) is 0 Å². The lowest BCUT2D eigenvalue weighted by molar-refractivity contribution is -0.127. The maximum atomic E-state index is 12.2. The van der Waals surface area contributed by atoms with E-state index in [1.165, 1.54) is 11.3 Å². The lowest BCUT2D eigenvalue weighted by atomic mass is 10.2. The van der Waals surface area contributed by atoms with Gasteiger partial charge < -0.3 is 25.0 Å². The van der Waals surface area contributed by atoms with Gasteiger partial charge in [0.1, 0.15) is 5.69 Å². The van der Waals surface area contributed by atoms with E-state index in [0.717, 1.165) is 36.4 Å². The zero-order valence-corrected chi connectivity index (χ0v) is 16.2. The fourth-order valence-electron chi connectivity index (χ4n) is 3.19. The Morgan fingerprint density at radius 3 is 3.04 bits per heavy atom. The molecular weight excluding hydrogens is 380 g/mol. The third-order valence-corrected chi connectivity index (χ3v) is 5.48. The standard InChI is InChI=1S/C19H22N4O4S/c24-17-3-1-7-23(17)8-2-6-20-18(25)14-11-28-19(22-14)21-10-13-4-5-15-16(9-13)27-12-26-15/h4-5,9,11H,1-3,6-8,10,12H2,(H,20,25)(H,21,22). The number of rotatable bonds is 8. The molecule has 0 saturated carbocycles. The summed E-state index contributed by atoms with van der Waals surface area (Å²) in [7, 11) is 0. The molecule has 0 aliphatic carbocycles. The van der Waals surface area contributed by atoms with Crippen LogP contribution < -0.4 is 20.1 Å². The molecule has 3 heterocycles. The van der Waals surface area contributed by atoms with Gasteiger partial charge in [-0.15, -0.1) is 11.3 Å². The first kappa shape index (κ1) is 18.5. The van der Waals surface area contributed by atoms with Crippen LogP contribution in [-0.2, 0) is 11.3 Å². The van der Waals surface area contributed by atoms with Gasteiger partial charge in [-0.1, -0.05) is 6.07 Å². The third-order valence-electron chi connectivity index (χ3n) is 4.68. The van der Waals surface area contributed by atoms with Crippen LogP contribution in [0.4, 0.5) is 5.13 Å². The summed E-state index contributed by atoms with van der Waals surface area (Å²) in [5, 5.41) is 8.51. The molecule has 8 nitrogen and oxygen atoms in total. The molecule has 0 atom stereocenters. The smallest absolute Gasteiger partial charge is 0.270 e. The van der Waals surface area contributed by atoms with Gasteiger partial charge in [-0.25, -0.2) is 4.98 Å². The van der Waals surface area contributed by atoms with Crippen molar-refractivity contribution in [2.24, 2.45) is 0 Å². The number of likely N-dealkylation sites (tertiary alicyclic amines) is 1. The van der Waals surface area contributed by atoms with Gasteiger partial charge in [0, 0.05) is 38.0 Å². The summed E-state index contributed by atoms with van der Waals surface area (Å²) in [5.74, 6) is 1.52. The van der Waals surface area contributed by atoms with Gasteiger partial charge in [0.2, 0.25) is 12.7 Å². The highest BCUT2D eigenvalue weighted by Gasteiger charge is 2.19. The molecule has 0 radical (unpaired) electrons. The number of carbonyl (C=O) groups is 2. The second kappa shape index (κ2) is 8.47. The fraction of sp³-hybridized carbons (Fsp3) is 0.421. The Morgan fingerprint density at radius 1 is 1.29 bits per heavy atom. The van der Waals surface area contributed by atoms with Gasteiger partial charge in [0.15, 0.2) is 16.6 Å². The van der Waals surface area contributed by atoms with E-state index in [4.69, 9.17) is 9.47 Å². The molecule has 2 aliphatic heterocycles. The molecule has 1 aromatic carbocycles. The van der Waals surface area contributed by atoms with Crippen molar-refractivity contribution >= 4 is 28.3 Å². The van der Waals surface area contributed by atoms with Gasteiger partial charge >= 0.3 is 0 Å². The minimum absolute atomic E-state index is 0.194. The first-order valence-corrected chi connectivity index (χ1v) is 10.2. The van der Waals surface area contributed by atoms with E-state index >= 15 is 0 Å². The Kier molecular flexibility index (Phi) is 5.61. The molecule has 1 fully saturated rings. The average molecular weight is 402 g/mol. The van der Waals surface area contributed by atoms with Gasteiger partial charge in [-0.05, 0) is 30.5 Å². The van der Waals surface area contributed by atoms with E-state index in [2.05, 4.69) is 15.6 Å². The van der Waals surface area contributed by atoms with Crippen LogP contribution in [0.2, 0.25) is 0 Å². The van der Waals surface area contributed by atoms with Crippen LogP contribution in [0.25, 0.3) is 0 Å². The summed E-state index contributed by atoms with van der Waals surface area (Å²) < 4.78 is 10.7. The minimum atomic E-state index is -0.194. The number of anilines is 1. The number of fused-ring (bicyclic) bond motifs is 1. The van der Waals surface area contributed by atoms with E-state index in [1.807, 2.05) is 23.1 Å². The van der Waals surface area contributed by atoms with Gasteiger partial charge in [0.05, 0.1) is 0 Å². The largest absolute Gasteiger partial charge is 0.454 e. The predicted molar refractivity (Wildman–Crippen MR) is 105 cm³/mol. The van der Waals surface area contributed by atoms with Gasteiger partial charge in [-0.2, -0.15) is 0 Å². The Hall–Kier alpha value is -2.81. The molecule has 1 saturated heterocycles. The topological polar surface area (TPSA) is 92.8 Å². The SMILES string of the molecule is O=C(NCCCN1CCCC1=O)c1csc(NCc2ccc3c(c2)OCO3)n1. The van der Waals surface area contributed by atoms with Gasteiger partial charge in [0.25, 0.3) is 5.91 Å². The van der Waals surface area contributed by atoms with Crippen molar-refractivity contribution in [2.75, 3.05) is 31.7 Å². The minimum Gasteiger partial charge on any atom is -0.454 e. The molecule has 4 rings (SSSR count). The van der Waals surface area contributed by atoms with Crippen LogP contribution in [0, 0.1) is 0 Å². The Bertz CT molecular complexity index is 869. The summed E-state index contributed by atoms with van der Waals surface area (Å²) >= 11 is 1.39. The molecule has 0 bridgehead atoms. The molecule has 1 aromatic heterocycles. The lowest BCUT2D eigenvalue weighted by Crippen LogP contribution is -2.30. The molecule has 0 spiro atoms. The zero-order chi connectivity index (χ0) is 19.3. The predicted octanol–water partition coefficient (Wildman–Crippen LogP) is 2.23. The second-order valence-corrected chi connectivity index (χ2v) is 7.53. The van der Waals surface area contributed by atoms with Gasteiger partial charge in [-0.3, -0.25) is 9.59 Å². The summed E-state index contributed by atoms with van der Waals surface area (Å²) in [4.78, 5) is 30.0. The second-order valence-electron chi connectivity index (χ2n) is 6.67. The summed E-state index contributed by atoms with van der Waals surface area (Å²) in [6.45, 7) is 2.89. The van der Waals surface area contributed by atoms with Crippen LogP contribution >= 0.6 is 11.3 Å². The Labute approximate surface area is 166 Å².